The molecule has 0 aliphatic carbocycles. The first-order valence-corrected chi connectivity index (χ1v) is 10.1. The van der Waals surface area contributed by atoms with Gasteiger partial charge in [0.05, 0.1) is 18.9 Å². The number of hydrogen-bond acceptors (Lipinski definition) is 6. The van der Waals surface area contributed by atoms with E-state index in [0.717, 1.165) is 17.0 Å². The maximum atomic E-state index is 13.2. The minimum atomic E-state index is -0.0584. The summed E-state index contributed by atoms with van der Waals surface area (Å²) >= 11 is 0. The van der Waals surface area contributed by atoms with Gasteiger partial charge in [-0.3, -0.25) is 9.78 Å². The molecule has 154 valence electrons. The van der Waals surface area contributed by atoms with Crippen LogP contribution < -0.4 is 9.47 Å². The summed E-state index contributed by atoms with van der Waals surface area (Å²) in [5.41, 5.74) is 3.22. The Morgan fingerprint density at radius 3 is 2.50 bits per heavy atom. The van der Waals surface area contributed by atoms with E-state index in [9.17, 15) is 4.79 Å². The fraction of sp³-hybridized carbons (Fsp3) is 0.304. The van der Waals surface area contributed by atoms with Gasteiger partial charge in [0.15, 0.2) is 5.82 Å². The van der Waals surface area contributed by atoms with E-state index in [0.29, 0.717) is 55.6 Å². The van der Waals surface area contributed by atoms with Crippen LogP contribution in [0.1, 0.15) is 35.5 Å². The van der Waals surface area contributed by atoms with Crippen LogP contribution in [0, 0.1) is 0 Å². The molecule has 0 N–H and O–H groups in total. The smallest absolute Gasteiger partial charge is 0.254 e. The van der Waals surface area contributed by atoms with Crippen molar-refractivity contribution in [1.29, 1.82) is 0 Å². The molecular formula is C23H24N4O3. The topological polar surface area (TPSA) is 77.4 Å². The molecule has 7 nitrogen and oxygen atoms in total. The van der Waals surface area contributed by atoms with E-state index in [1.807, 2.05) is 43.0 Å². The number of rotatable bonds is 6. The Morgan fingerprint density at radius 2 is 1.83 bits per heavy atom. The highest BCUT2D eigenvalue weighted by Crippen LogP contribution is 2.26. The molecule has 3 heterocycles. The van der Waals surface area contributed by atoms with Gasteiger partial charge in [0, 0.05) is 49.1 Å². The molecule has 0 bridgehead atoms. The Morgan fingerprint density at radius 1 is 1.07 bits per heavy atom. The largest absolute Gasteiger partial charge is 0.494 e. The maximum Gasteiger partial charge on any atom is 0.254 e. The van der Waals surface area contributed by atoms with E-state index in [1.54, 1.807) is 24.5 Å². The molecule has 1 aliphatic rings. The molecule has 1 aromatic carbocycles. The van der Waals surface area contributed by atoms with Crippen molar-refractivity contribution < 1.29 is 14.3 Å². The second kappa shape index (κ2) is 8.90. The van der Waals surface area contributed by atoms with Gasteiger partial charge in [-0.05, 0) is 38.1 Å². The van der Waals surface area contributed by atoms with Gasteiger partial charge in [0.1, 0.15) is 17.2 Å². The van der Waals surface area contributed by atoms with Gasteiger partial charge in [0.2, 0.25) is 0 Å². The average Bonchev–Trinajstić information content (AvgIpc) is 2.79. The summed E-state index contributed by atoms with van der Waals surface area (Å²) in [6.45, 7) is 5.94. The van der Waals surface area contributed by atoms with E-state index in [2.05, 4.69) is 15.0 Å². The van der Waals surface area contributed by atoms with Gasteiger partial charge in [-0.25, -0.2) is 9.97 Å². The standard InChI is InChI=1S/C23H24N4O3/c1-3-29-18-11-16(12-19(13-18)30-4-2)23(28)27-10-8-20-17(15-27)14-25-22(26-20)21-7-5-6-9-24-21/h5-7,9,11-14H,3-4,8,10,15H2,1-2H3. The summed E-state index contributed by atoms with van der Waals surface area (Å²) in [7, 11) is 0. The van der Waals surface area contributed by atoms with E-state index in [-0.39, 0.29) is 5.91 Å². The number of benzene rings is 1. The number of amides is 1. The summed E-state index contributed by atoms with van der Waals surface area (Å²) < 4.78 is 11.2. The quantitative estimate of drug-likeness (QED) is 0.625. The summed E-state index contributed by atoms with van der Waals surface area (Å²) in [6.07, 6.45) is 4.20. The van der Waals surface area contributed by atoms with Crippen LogP contribution in [0.25, 0.3) is 11.5 Å². The molecule has 0 atom stereocenters. The molecule has 1 amide bonds. The first kappa shape index (κ1) is 19.8. The Labute approximate surface area is 175 Å². The lowest BCUT2D eigenvalue weighted by Crippen LogP contribution is -2.36. The highest BCUT2D eigenvalue weighted by Gasteiger charge is 2.24. The third kappa shape index (κ3) is 4.25. The monoisotopic (exact) mass is 404 g/mol. The van der Waals surface area contributed by atoms with E-state index in [4.69, 9.17) is 9.47 Å². The first-order valence-electron chi connectivity index (χ1n) is 10.1. The van der Waals surface area contributed by atoms with Crippen LogP contribution in [-0.4, -0.2) is 45.5 Å². The number of ether oxygens (including phenoxy) is 2. The third-order valence-electron chi connectivity index (χ3n) is 4.86. The fourth-order valence-electron chi connectivity index (χ4n) is 3.49. The Bertz CT molecular complexity index is 1020. The van der Waals surface area contributed by atoms with Crippen molar-refractivity contribution in [3.05, 3.63) is 65.6 Å². The summed E-state index contributed by atoms with van der Waals surface area (Å²) in [6, 6.07) is 11.0. The summed E-state index contributed by atoms with van der Waals surface area (Å²) in [5, 5.41) is 0. The number of pyridine rings is 1. The normalized spacial score (nSPS) is 12.9. The number of carbonyl (C=O) groups excluding carboxylic acids is 1. The molecule has 30 heavy (non-hydrogen) atoms. The fourth-order valence-corrected chi connectivity index (χ4v) is 3.49. The number of carbonyl (C=O) groups is 1. The highest BCUT2D eigenvalue weighted by molar-refractivity contribution is 5.95. The van der Waals surface area contributed by atoms with Crippen molar-refractivity contribution in [3.63, 3.8) is 0 Å². The van der Waals surface area contributed by atoms with Gasteiger partial charge >= 0.3 is 0 Å². The van der Waals surface area contributed by atoms with Crippen LogP contribution in [0.15, 0.2) is 48.8 Å². The lowest BCUT2D eigenvalue weighted by atomic mass is 10.1. The maximum absolute atomic E-state index is 13.2. The van der Waals surface area contributed by atoms with Gasteiger partial charge in [-0.1, -0.05) is 6.07 Å². The number of aromatic nitrogens is 3. The highest BCUT2D eigenvalue weighted by atomic mass is 16.5. The molecule has 0 fully saturated rings. The predicted molar refractivity (Wildman–Crippen MR) is 112 cm³/mol. The SMILES string of the molecule is CCOc1cc(OCC)cc(C(=O)N2CCc3nc(-c4ccccn4)ncc3C2)c1. The van der Waals surface area contributed by atoms with Crippen LogP contribution in [0.5, 0.6) is 11.5 Å². The Balaban J connectivity index is 1.55. The van der Waals surface area contributed by atoms with E-state index in [1.165, 1.54) is 0 Å². The molecule has 0 spiro atoms. The minimum Gasteiger partial charge on any atom is -0.494 e. The van der Waals surface area contributed by atoms with Crippen molar-refractivity contribution in [2.24, 2.45) is 0 Å². The molecule has 0 radical (unpaired) electrons. The molecule has 0 saturated carbocycles. The third-order valence-corrected chi connectivity index (χ3v) is 4.86. The van der Waals surface area contributed by atoms with Crippen molar-refractivity contribution in [2.45, 2.75) is 26.8 Å². The lowest BCUT2D eigenvalue weighted by Gasteiger charge is -2.28. The Hall–Kier alpha value is -3.48. The molecular weight excluding hydrogens is 380 g/mol. The van der Waals surface area contributed by atoms with Crippen molar-refractivity contribution in [2.75, 3.05) is 19.8 Å². The van der Waals surface area contributed by atoms with Gasteiger partial charge in [-0.15, -0.1) is 0 Å². The van der Waals surface area contributed by atoms with Gasteiger partial charge in [0.25, 0.3) is 5.91 Å². The second-order valence-corrected chi connectivity index (χ2v) is 6.92. The van der Waals surface area contributed by atoms with Gasteiger partial charge in [-0.2, -0.15) is 0 Å². The van der Waals surface area contributed by atoms with E-state index >= 15 is 0 Å². The zero-order valence-electron chi connectivity index (χ0n) is 17.2. The lowest BCUT2D eigenvalue weighted by molar-refractivity contribution is 0.0732. The summed E-state index contributed by atoms with van der Waals surface area (Å²) in [4.78, 5) is 28.4. The van der Waals surface area contributed by atoms with E-state index < -0.39 is 0 Å². The molecule has 2 aromatic heterocycles. The molecule has 0 saturated heterocycles. The predicted octanol–water partition coefficient (Wildman–Crippen LogP) is 3.53. The first-order chi connectivity index (χ1) is 14.7. The van der Waals surface area contributed by atoms with Gasteiger partial charge < -0.3 is 14.4 Å². The molecule has 0 unspecified atom stereocenters. The molecule has 3 aromatic rings. The summed E-state index contributed by atoms with van der Waals surface area (Å²) in [5.74, 6) is 1.82. The van der Waals surface area contributed by atoms with Crippen LogP contribution in [0.3, 0.4) is 0 Å². The van der Waals surface area contributed by atoms with Crippen LogP contribution in [0.2, 0.25) is 0 Å². The van der Waals surface area contributed by atoms with Crippen molar-refractivity contribution >= 4 is 5.91 Å². The number of fused-ring (bicyclic) bond motifs is 1. The second-order valence-electron chi connectivity index (χ2n) is 6.92. The number of nitrogens with zero attached hydrogens (tertiary/aromatic N) is 4. The molecule has 7 heteroatoms. The number of hydrogen-bond donors (Lipinski definition) is 0. The van der Waals surface area contributed by atoms with Crippen LogP contribution >= 0.6 is 0 Å². The van der Waals surface area contributed by atoms with Crippen LogP contribution in [-0.2, 0) is 13.0 Å². The van der Waals surface area contributed by atoms with Crippen molar-refractivity contribution in [3.8, 4) is 23.0 Å². The van der Waals surface area contributed by atoms with Crippen LogP contribution in [0.4, 0.5) is 0 Å². The zero-order valence-corrected chi connectivity index (χ0v) is 17.2. The Kier molecular flexibility index (Phi) is 5.88. The molecule has 4 rings (SSSR count). The van der Waals surface area contributed by atoms with Crippen molar-refractivity contribution in [1.82, 2.24) is 19.9 Å². The molecule has 1 aliphatic heterocycles. The zero-order chi connectivity index (χ0) is 20.9. The average molecular weight is 404 g/mol. The minimum absolute atomic E-state index is 0.0584.